The average molecular weight is 383 g/mol. The molecule has 0 saturated carbocycles. The molecule has 0 aliphatic carbocycles. The summed E-state index contributed by atoms with van der Waals surface area (Å²) in [7, 11) is 0. The molecule has 0 spiro atoms. The van der Waals surface area contributed by atoms with E-state index in [9.17, 15) is 18.0 Å². The van der Waals surface area contributed by atoms with E-state index in [2.05, 4.69) is 15.2 Å². The third-order valence-corrected chi connectivity index (χ3v) is 4.46. The van der Waals surface area contributed by atoms with Crippen molar-refractivity contribution in [2.45, 2.75) is 10.4 Å². The maximum absolute atomic E-state index is 12.3. The van der Waals surface area contributed by atoms with Crippen LogP contribution >= 0.6 is 11.8 Å². The molecule has 2 aromatic rings. The maximum atomic E-state index is 12.3. The number of carbonyl (C=O) groups excluding carboxylic acids is 1. The largest absolute Gasteiger partial charge is 0.446 e. The normalized spacial score (nSPS) is 15.0. The Morgan fingerprint density at radius 3 is 2.38 bits per heavy atom. The van der Waals surface area contributed by atoms with E-state index in [0.29, 0.717) is 19.0 Å². The van der Waals surface area contributed by atoms with E-state index < -0.39 is 11.4 Å². The maximum Gasteiger partial charge on any atom is 0.446 e. The van der Waals surface area contributed by atoms with Gasteiger partial charge in [0.05, 0.1) is 25.1 Å². The van der Waals surface area contributed by atoms with Gasteiger partial charge in [-0.15, -0.1) is 0 Å². The summed E-state index contributed by atoms with van der Waals surface area (Å²) in [5, 5.41) is 2.63. The number of nitrogens with zero attached hydrogens (tertiary/aromatic N) is 2. The highest BCUT2D eigenvalue weighted by Gasteiger charge is 2.29. The number of anilines is 2. The average Bonchev–Trinajstić information content (AvgIpc) is 2.62. The number of pyridine rings is 1. The fourth-order valence-electron chi connectivity index (χ4n) is 2.47. The van der Waals surface area contributed by atoms with Gasteiger partial charge in [-0.2, -0.15) is 13.2 Å². The number of ether oxygens (including phenoxy) is 1. The molecule has 3 rings (SSSR count). The van der Waals surface area contributed by atoms with E-state index in [1.165, 1.54) is 24.3 Å². The van der Waals surface area contributed by atoms with Crippen LogP contribution in [0.25, 0.3) is 0 Å². The van der Waals surface area contributed by atoms with Gasteiger partial charge < -0.3 is 15.0 Å². The molecule has 1 aliphatic heterocycles. The predicted octanol–water partition coefficient (Wildman–Crippen LogP) is 3.78. The van der Waals surface area contributed by atoms with Crippen molar-refractivity contribution in [2.24, 2.45) is 0 Å². The number of hydrogen-bond donors (Lipinski definition) is 1. The number of morpholine rings is 1. The molecule has 0 atom stereocenters. The quantitative estimate of drug-likeness (QED) is 0.815. The predicted molar refractivity (Wildman–Crippen MR) is 93.6 cm³/mol. The van der Waals surface area contributed by atoms with Crippen molar-refractivity contribution in [3.63, 3.8) is 0 Å². The number of benzene rings is 1. The summed E-state index contributed by atoms with van der Waals surface area (Å²) in [6.45, 7) is 2.91. The number of rotatable bonds is 4. The van der Waals surface area contributed by atoms with Crippen molar-refractivity contribution < 1.29 is 22.7 Å². The molecule has 1 aliphatic rings. The lowest BCUT2D eigenvalue weighted by molar-refractivity contribution is -0.0328. The molecule has 5 nitrogen and oxygen atoms in total. The first-order valence-corrected chi connectivity index (χ1v) is 8.68. The molecule has 26 heavy (non-hydrogen) atoms. The van der Waals surface area contributed by atoms with Gasteiger partial charge in [0.15, 0.2) is 0 Å². The van der Waals surface area contributed by atoms with Gasteiger partial charge in [-0.1, -0.05) is 0 Å². The van der Waals surface area contributed by atoms with Gasteiger partial charge in [0.2, 0.25) is 0 Å². The van der Waals surface area contributed by atoms with Crippen LogP contribution in [0.3, 0.4) is 0 Å². The minimum absolute atomic E-state index is 0.0297. The van der Waals surface area contributed by atoms with E-state index in [-0.39, 0.29) is 22.2 Å². The van der Waals surface area contributed by atoms with Gasteiger partial charge in [-0.25, -0.2) is 4.98 Å². The molecular weight excluding hydrogens is 367 g/mol. The van der Waals surface area contributed by atoms with Crippen LogP contribution in [0.5, 0.6) is 0 Å². The summed E-state index contributed by atoms with van der Waals surface area (Å²) >= 11 is -0.217. The molecule has 9 heteroatoms. The highest BCUT2D eigenvalue weighted by Crippen LogP contribution is 2.36. The van der Waals surface area contributed by atoms with Crippen LogP contribution in [0.4, 0.5) is 24.7 Å². The van der Waals surface area contributed by atoms with Crippen molar-refractivity contribution in [2.75, 3.05) is 36.5 Å². The first-order valence-electron chi connectivity index (χ1n) is 7.87. The van der Waals surface area contributed by atoms with Crippen LogP contribution in [0.15, 0.2) is 47.5 Å². The van der Waals surface area contributed by atoms with E-state index in [1.807, 2.05) is 6.07 Å². The highest BCUT2D eigenvalue weighted by molar-refractivity contribution is 8.00. The Kier molecular flexibility index (Phi) is 5.67. The van der Waals surface area contributed by atoms with Gasteiger partial charge in [-0.05, 0) is 48.2 Å². The van der Waals surface area contributed by atoms with Gasteiger partial charge in [0, 0.05) is 23.5 Å². The SMILES string of the molecule is O=C(Nc1ccc(N2CCOCC2)cn1)c1ccc(SC(F)(F)F)cc1. The van der Waals surface area contributed by atoms with Crippen LogP contribution < -0.4 is 10.2 Å². The highest BCUT2D eigenvalue weighted by atomic mass is 32.2. The number of nitrogens with one attached hydrogen (secondary N) is 1. The van der Waals surface area contributed by atoms with Gasteiger partial charge in [0.1, 0.15) is 5.82 Å². The number of carbonyl (C=O) groups is 1. The second kappa shape index (κ2) is 7.96. The molecule has 1 amide bonds. The van der Waals surface area contributed by atoms with Crippen molar-refractivity contribution in [3.8, 4) is 0 Å². The van der Waals surface area contributed by atoms with Crippen molar-refractivity contribution in [1.29, 1.82) is 0 Å². The van der Waals surface area contributed by atoms with E-state index in [4.69, 9.17) is 4.74 Å². The number of alkyl halides is 3. The molecule has 1 saturated heterocycles. The molecule has 1 aromatic heterocycles. The zero-order valence-electron chi connectivity index (χ0n) is 13.6. The summed E-state index contributed by atoms with van der Waals surface area (Å²) in [6.07, 6.45) is 1.67. The zero-order chi connectivity index (χ0) is 18.6. The van der Waals surface area contributed by atoms with Crippen LogP contribution in [0.1, 0.15) is 10.4 Å². The molecule has 1 fully saturated rings. The lowest BCUT2D eigenvalue weighted by atomic mass is 10.2. The number of hydrogen-bond acceptors (Lipinski definition) is 5. The Balaban J connectivity index is 1.60. The zero-order valence-corrected chi connectivity index (χ0v) is 14.4. The van der Waals surface area contributed by atoms with Crippen LogP contribution in [0.2, 0.25) is 0 Å². The summed E-state index contributed by atoms with van der Waals surface area (Å²) in [5.41, 5.74) is -3.15. The number of amides is 1. The molecule has 0 unspecified atom stereocenters. The standard InChI is InChI=1S/C17H16F3N3O2S/c18-17(19,20)26-14-4-1-12(2-5-14)16(24)22-15-6-3-13(11-21-15)23-7-9-25-10-8-23/h1-6,11H,7-10H2,(H,21,22,24). The summed E-state index contributed by atoms with van der Waals surface area (Å²) < 4.78 is 42.3. The van der Waals surface area contributed by atoms with Crippen LogP contribution in [-0.2, 0) is 4.74 Å². The second-order valence-corrected chi connectivity index (χ2v) is 6.67. The van der Waals surface area contributed by atoms with Crippen LogP contribution in [0, 0.1) is 0 Å². The molecular formula is C17H16F3N3O2S. The number of thioether (sulfide) groups is 1. The third kappa shape index (κ3) is 5.12. The minimum Gasteiger partial charge on any atom is -0.378 e. The molecule has 0 bridgehead atoms. The Morgan fingerprint density at radius 1 is 1.12 bits per heavy atom. The summed E-state index contributed by atoms with van der Waals surface area (Å²) in [5.74, 6) is -0.0547. The van der Waals surface area contributed by atoms with Gasteiger partial charge in [-0.3, -0.25) is 4.79 Å². The van der Waals surface area contributed by atoms with E-state index in [1.54, 1.807) is 12.3 Å². The second-order valence-electron chi connectivity index (χ2n) is 5.53. The van der Waals surface area contributed by atoms with E-state index >= 15 is 0 Å². The molecule has 1 N–H and O–H groups in total. The first kappa shape index (κ1) is 18.5. The summed E-state index contributed by atoms with van der Waals surface area (Å²) in [4.78, 5) is 18.6. The number of halogens is 3. The number of aromatic nitrogens is 1. The first-order chi connectivity index (χ1) is 12.4. The van der Waals surface area contributed by atoms with Crippen LogP contribution in [-0.4, -0.2) is 42.7 Å². The summed E-state index contributed by atoms with van der Waals surface area (Å²) in [6, 6.07) is 8.79. The van der Waals surface area contributed by atoms with Gasteiger partial charge in [0.25, 0.3) is 5.91 Å². The van der Waals surface area contributed by atoms with Crippen molar-refractivity contribution in [3.05, 3.63) is 48.2 Å². The minimum atomic E-state index is -4.35. The Bertz CT molecular complexity index is 745. The van der Waals surface area contributed by atoms with Gasteiger partial charge >= 0.3 is 5.51 Å². The van der Waals surface area contributed by atoms with Crippen molar-refractivity contribution in [1.82, 2.24) is 4.98 Å². The molecule has 138 valence electrons. The Morgan fingerprint density at radius 2 is 1.81 bits per heavy atom. The monoisotopic (exact) mass is 383 g/mol. The third-order valence-electron chi connectivity index (χ3n) is 3.72. The Labute approximate surface area is 152 Å². The smallest absolute Gasteiger partial charge is 0.378 e. The molecule has 1 aromatic carbocycles. The molecule has 2 heterocycles. The van der Waals surface area contributed by atoms with E-state index in [0.717, 1.165) is 18.8 Å². The van der Waals surface area contributed by atoms with Crippen molar-refractivity contribution >= 4 is 29.2 Å². The fourth-order valence-corrected chi connectivity index (χ4v) is 3.00. The fraction of sp³-hybridized carbons (Fsp3) is 0.294. The lowest BCUT2D eigenvalue weighted by Crippen LogP contribution is -2.36. The lowest BCUT2D eigenvalue weighted by Gasteiger charge is -2.28. The topological polar surface area (TPSA) is 54.5 Å². The Hall–Kier alpha value is -2.26. The molecule has 0 radical (unpaired) electrons.